The fourth-order valence-corrected chi connectivity index (χ4v) is 1.53. The topological polar surface area (TPSA) is 25.2 Å². The zero-order chi connectivity index (χ0) is 10.8. The summed E-state index contributed by atoms with van der Waals surface area (Å²) in [6.45, 7) is 3.19. The molecule has 0 aliphatic heterocycles. The fraction of sp³-hybridized carbons (Fsp3) is 0.273. The van der Waals surface area contributed by atoms with E-state index in [4.69, 9.17) is 4.42 Å². The van der Waals surface area contributed by atoms with Gasteiger partial charge in [-0.25, -0.2) is 8.78 Å². The summed E-state index contributed by atoms with van der Waals surface area (Å²) < 4.78 is 31.7. The molecule has 0 unspecified atom stereocenters. The monoisotopic (exact) mass is 211 g/mol. The van der Waals surface area contributed by atoms with Gasteiger partial charge in [0.05, 0.1) is 11.6 Å². The maximum atomic E-state index is 13.4. The number of hydrogen-bond donors (Lipinski definition) is 1. The summed E-state index contributed by atoms with van der Waals surface area (Å²) in [5, 5.41) is 3.27. The lowest BCUT2D eigenvalue weighted by Crippen LogP contribution is -2.11. The van der Waals surface area contributed by atoms with Crippen LogP contribution in [0.4, 0.5) is 8.78 Å². The molecule has 80 valence electrons. The van der Waals surface area contributed by atoms with Gasteiger partial charge in [-0.2, -0.15) is 0 Å². The van der Waals surface area contributed by atoms with Gasteiger partial charge in [0.15, 0.2) is 11.4 Å². The van der Waals surface area contributed by atoms with Crippen molar-refractivity contribution in [2.75, 3.05) is 6.54 Å². The van der Waals surface area contributed by atoms with Crippen LogP contribution in [0.5, 0.6) is 0 Å². The Hall–Kier alpha value is -1.42. The van der Waals surface area contributed by atoms with Crippen molar-refractivity contribution in [1.29, 1.82) is 0 Å². The molecule has 2 nitrogen and oxygen atoms in total. The zero-order valence-corrected chi connectivity index (χ0v) is 8.31. The number of hydrogen-bond acceptors (Lipinski definition) is 2. The van der Waals surface area contributed by atoms with Crippen molar-refractivity contribution in [3.63, 3.8) is 0 Å². The maximum Gasteiger partial charge on any atom is 0.172 e. The molecule has 0 bridgehead atoms. The molecule has 0 saturated carbocycles. The van der Waals surface area contributed by atoms with E-state index in [9.17, 15) is 8.78 Å². The zero-order valence-electron chi connectivity index (χ0n) is 8.31. The van der Waals surface area contributed by atoms with Gasteiger partial charge in [0, 0.05) is 12.1 Å². The molecule has 0 fully saturated rings. The fourth-order valence-electron chi connectivity index (χ4n) is 1.53. The van der Waals surface area contributed by atoms with Gasteiger partial charge < -0.3 is 9.73 Å². The highest BCUT2D eigenvalue weighted by molar-refractivity contribution is 5.82. The maximum absolute atomic E-state index is 13.4. The highest BCUT2D eigenvalue weighted by Gasteiger charge is 2.13. The van der Waals surface area contributed by atoms with Crippen molar-refractivity contribution >= 4 is 11.0 Å². The second-order valence-electron chi connectivity index (χ2n) is 3.27. The molecular weight excluding hydrogens is 200 g/mol. The molecule has 0 amide bonds. The molecule has 15 heavy (non-hydrogen) atoms. The molecule has 2 rings (SSSR count). The van der Waals surface area contributed by atoms with Crippen LogP contribution in [0.25, 0.3) is 11.0 Å². The molecule has 0 aliphatic carbocycles. The number of furan rings is 1. The second-order valence-corrected chi connectivity index (χ2v) is 3.27. The van der Waals surface area contributed by atoms with Crippen molar-refractivity contribution in [2.45, 2.75) is 13.5 Å². The van der Waals surface area contributed by atoms with Gasteiger partial charge in [-0.15, -0.1) is 0 Å². The summed E-state index contributed by atoms with van der Waals surface area (Å²) in [5.74, 6) is -0.984. The molecule has 1 aromatic heterocycles. The lowest BCUT2D eigenvalue weighted by molar-refractivity contribution is 0.552. The van der Waals surface area contributed by atoms with E-state index in [0.717, 1.165) is 18.7 Å². The van der Waals surface area contributed by atoms with Crippen molar-refractivity contribution in [3.05, 3.63) is 35.6 Å². The van der Waals surface area contributed by atoms with Crippen molar-refractivity contribution in [3.8, 4) is 0 Å². The van der Waals surface area contributed by atoms with E-state index >= 15 is 0 Å². The Labute approximate surface area is 85.9 Å². The molecule has 1 aromatic carbocycles. The average molecular weight is 211 g/mol. The first kappa shape index (κ1) is 10.1. The highest BCUT2D eigenvalue weighted by atomic mass is 19.1. The quantitative estimate of drug-likeness (QED) is 0.844. The standard InChI is InChI=1S/C11H11F2NO/c1-2-14-5-7-6-15-11-9(13)4-3-8(12)10(7)11/h3-4,6,14H,2,5H2,1H3. The molecule has 2 aromatic rings. The lowest BCUT2D eigenvalue weighted by atomic mass is 10.1. The van der Waals surface area contributed by atoms with Gasteiger partial charge in [0.2, 0.25) is 0 Å². The summed E-state index contributed by atoms with van der Waals surface area (Å²) in [4.78, 5) is 0. The van der Waals surface area contributed by atoms with E-state index in [-0.39, 0.29) is 11.0 Å². The minimum Gasteiger partial charge on any atom is -0.461 e. The normalized spacial score (nSPS) is 11.1. The molecule has 0 atom stereocenters. The molecule has 4 heteroatoms. The third kappa shape index (κ3) is 1.72. The molecule has 0 saturated heterocycles. The molecule has 1 heterocycles. The largest absolute Gasteiger partial charge is 0.461 e. The van der Waals surface area contributed by atoms with Gasteiger partial charge in [-0.1, -0.05) is 6.92 Å². The SMILES string of the molecule is CCNCc1coc2c(F)ccc(F)c12. The van der Waals surface area contributed by atoms with Crippen LogP contribution in [0, 0.1) is 11.6 Å². The molecule has 1 N–H and O–H groups in total. The predicted octanol–water partition coefficient (Wildman–Crippen LogP) is 2.82. The third-order valence-electron chi connectivity index (χ3n) is 2.26. The van der Waals surface area contributed by atoms with Gasteiger partial charge in [0.25, 0.3) is 0 Å². The highest BCUT2D eigenvalue weighted by Crippen LogP contribution is 2.26. The Morgan fingerprint density at radius 3 is 2.73 bits per heavy atom. The Bertz CT molecular complexity index is 479. The van der Waals surface area contributed by atoms with Gasteiger partial charge in [-0.3, -0.25) is 0 Å². The number of halogens is 2. The number of fused-ring (bicyclic) bond motifs is 1. The van der Waals surface area contributed by atoms with Crippen LogP contribution in [0.3, 0.4) is 0 Å². The summed E-state index contributed by atoms with van der Waals surface area (Å²) in [7, 11) is 0. The van der Waals surface area contributed by atoms with E-state index < -0.39 is 11.6 Å². The average Bonchev–Trinajstić information content (AvgIpc) is 2.65. The van der Waals surface area contributed by atoms with E-state index in [1.54, 1.807) is 0 Å². The smallest absolute Gasteiger partial charge is 0.172 e. The van der Waals surface area contributed by atoms with Gasteiger partial charge in [0.1, 0.15) is 5.82 Å². The Balaban J connectivity index is 2.53. The Morgan fingerprint density at radius 1 is 1.27 bits per heavy atom. The second kappa shape index (κ2) is 3.98. The minimum absolute atomic E-state index is 0.0112. The van der Waals surface area contributed by atoms with E-state index in [2.05, 4.69) is 5.32 Å². The summed E-state index contributed by atoms with van der Waals surface area (Å²) in [6.07, 6.45) is 1.39. The first-order chi connectivity index (χ1) is 7.24. The minimum atomic E-state index is -0.533. The van der Waals surface area contributed by atoms with Crippen molar-refractivity contribution in [2.24, 2.45) is 0 Å². The van der Waals surface area contributed by atoms with Crippen LogP contribution in [0.1, 0.15) is 12.5 Å². The summed E-state index contributed by atoms with van der Waals surface area (Å²) in [5.41, 5.74) is 0.631. The molecule has 0 radical (unpaired) electrons. The van der Waals surface area contributed by atoms with Gasteiger partial charge >= 0.3 is 0 Å². The summed E-state index contributed by atoms with van der Waals surface area (Å²) >= 11 is 0. The van der Waals surface area contributed by atoms with Crippen LogP contribution in [-0.2, 0) is 6.54 Å². The molecular formula is C11H11F2NO. The first-order valence-electron chi connectivity index (χ1n) is 4.78. The Kier molecular flexibility index (Phi) is 2.68. The van der Waals surface area contributed by atoms with Gasteiger partial charge in [-0.05, 0) is 18.7 Å². The van der Waals surface area contributed by atoms with E-state index in [1.165, 1.54) is 6.26 Å². The van der Waals surface area contributed by atoms with E-state index in [0.29, 0.717) is 12.1 Å². The predicted molar refractivity (Wildman–Crippen MR) is 53.5 cm³/mol. The van der Waals surface area contributed by atoms with Crippen LogP contribution in [0.2, 0.25) is 0 Å². The van der Waals surface area contributed by atoms with Crippen LogP contribution in [0.15, 0.2) is 22.8 Å². The van der Waals surface area contributed by atoms with Crippen LogP contribution >= 0.6 is 0 Å². The Morgan fingerprint density at radius 2 is 2.00 bits per heavy atom. The molecule has 0 spiro atoms. The first-order valence-corrected chi connectivity index (χ1v) is 4.78. The third-order valence-corrected chi connectivity index (χ3v) is 2.26. The van der Waals surface area contributed by atoms with Crippen LogP contribution < -0.4 is 5.32 Å². The van der Waals surface area contributed by atoms with Crippen molar-refractivity contribution in [1.82, 2.24) is 5.32 Å². The number of rotatable bonds is 3. The summed E-state index contributed by atoms with van der Waals surface area (Å²) in [6, 6.07) is 2.18. The lowest BCUT2D eigenvalue weighted by Gasteiger charge is -1.99. The number of nitrogens with one attached hydrogen (secondary N) is 1. The molecule has 0 aliphatic rings. The van der Waals surface area contributed by atoms with Crippen LogP contribution in [-0.4, -0.2) is 6.54 Å². The van der Waals surface area contributed by atoms with Crippen molar-refractivity contribution < 1.29 is 13.2 Å². The van der Waals surface area contributed by atoms with E-state index in [1.807, 2.05) is 6.92 Å². The number of benzene rings is 1.